The summed E-state index contributed by atoms with van der Waals surface area (Å²) in [6.07, 6.45) is 7.91. The van der Waals surface area contributed by atoms with E-state index in [1.54, 1.807) is 24.3 Å². The molecule has 1 aliphatic heterocycles. The summed E-state index contributed by atoms with van der Waals surface area (Å²) in [4.78, 5) is 12.6. The van der Waals surface area contributed by atoms with Crippen LogP contribution in [0.4, 0.5) is 5.69 Å². The Morgan fingerprint density at radius 2 is 1.93 bits per heavy atom. The van der Waals surface area contributed by atoms with E-state index in [0.29, 0.717) is 0 Å². The van der Waals surface area contributed by atoms with E-state index in [9.17, 15) is 9.90 Å². The molecule has 0 fully saturated rings. The molecular weight excluding hydrogens is 190 g/mol. The molecule has 0 radical (unpaired) electrons. The lowest BCUT2D eigenvalue weighted by atomic mass is 10.2. The SMILES string of the molecule is O=C([O-])c1ccc(N2C=CC=CC2)cc1. The highest BCUT2D eigenvalue weighted by Crippen LogP contribution is 2.16. The molecule has 1 heterocycles. The van der Waals surface area contributed by atoms with Gasteiger partial charge in [-0.2, -0.15) is 0 Å². The first-order valence-corrected chi connectivity index (χ1v) is 4.69. The molecular formula is C12H10NO2-. The number of carbonyl (C=O) groups is 1. The van der Waals surface area contributed by atoms with Gasteiger partial charge in [-0.3, -0.25) is 0 Å². The largest absolute Gasteiger partial charge is 0.545 e. The maximum absolute atomic E-state index is 10.5. The second-order valence-corrected chi connectivity index (χ2v) is 3.26. The number of nitrogens with zero attached hydrogens (tertiary/aromatic N) is 1. The van der Waals surface area contributed by atoms with Crippen molar-refractivity contribution in [3.63, 3.8) is 0 Å². The van der Waals surface area contributed by atoms with Gasteiger partial charge in [-0.05, 0) is 23.8 Å². The number of carbonyl (C=O) groups excluding carboxylic acids is 1. The van der Waals surface area contributed by atoms with Gasteiger partial charge in [-0.15, -0.1) is 0 Å². The van der Waals surface area contributed by atoms with E-state index >= 15 is 0 Å². The molecule has 3 nitrogen and oxygen atoms in total. The molecule has 0 saturated carbocycles. The van der Waals surface area contributed by atoms with Crippen molar-refractivity contribution in [2.75, 3.05) is 11.4 Å². The van der Waals surface area contributed by atoms with Crippen LogP contribution in [0.1, 0.15) is 10.4 Å². The van der Waals surface area contributed by atoms with Gasteiger partial charge in [-0.1, -0.05) is 24.3 Å². The summed E-state index contributed by atoms with van der Waals surface area (Å²) < 4.78 is 0. The van der Waals surface area contributed by atoms with Crippen LogP contribution < -0.4 is 10.0 Å². The number of carboxylic acids is 1. The molecule has 76 valence electrons. The van der Waals surface area contributed by atoms with Crippen LogP contribution in [0.25, 0.3) is 0 Å². The zero-order chi connectivity index (χ0) is 10.7. The third-order valence-corrected chi connectivity index (χ3v) is 2.25. The lowest BCUT2D eigenvalue weighted by Gasteiger charge is -2.20. The Morgan fingerprint density at radius 1 is 1.20 bits per heavy atom. The fourth-order valence-electron chi connectivity index (χ4n) is 1.45. The highest BCUT2D eigenvalue weighted by atomic mass is 16.4. The molecule has 3 heteroatoms. The van der Waals surface area contributed by atoms with Crippen LogP contribution in [0.15, 0.2) is 48.7 Å². The number of hydrogen-bond donors (Lipinski definition) is 0. The molecule has 0 N–H and O–H groups in total. The highest BCUT2D eigenvalue weighted by Gasteiger charge is 2.02. The second kappa shape index (κ2) is 4.00. The van der Waals surface area contributed by atoms with Gasteiger partial charge >= 0.3 is 0 Å². The minimum absolute atomic E-state index is 0.204. The summed E-state index contributed by atoms with van der Waals surface area (Å²) in [7, 11) is 0. The molecule has 2 rings (SSSR count). The lowest BCUT2D eigenvalue weighted by Crippen LogP contribution is -2.22. The predicted molar refractivity (Wildman–Crippen MR) is 56.4 cm³/mol. The number of rotatable bonds is 2. The Balaban J connectivity index is 2.20. The van der Waals surface area contributed by atoms with Crippen LogP contribution in [-0.2, 0) is 0 Å². The van der Waals surface area contributed by atoms with Gasteiger partial charge in [0.2, 0.25) is 0 Å². The molecule has 1 aliphatic rings. The smallest absolute Gasteiger partial charge is 0.0715 e. The normalized spacial score (nSPS) is 14.3. The van der Waals surface area contributed by atoms with E-state index in [1.165, 1.54) is 0 Å². The second-order valence-electron chi connectivity index (χ2n) is 3.26. The summed E-state index contributed by atoms with van der Waals surface area (Å²) in [6, 6.07) is 6.65. The van der Waals surface area contributed by atoms with Crippen molar-refractivity contribution in [2.45, 2.75) is 0 Å². The zero-order valence-electron chi connectivity index (χ0n) is 8.09. The average Bonchev–Trinajstić information content (AvgIpc) is 2.30. The van der Waals surface area contributed by atoms with Crippen molar-refractivity contribution in [3.8, 4) is 0 Å². The van der Waals surface area contributed by atoms with Gasteiger partial charge in [0.15, 0.2) is 0 Å². The highest BCUT2D eigenvalue weighted by molar-refractivity contribution is 5.86. The Labute approximate surface area is 88.0 Å². The number of carboxylic acid groups (broad SMARTS) is 1. The Morgan fingerprint density at radius 3 is 2.47 bits per heavy atom. The standard InChI is InChI=1S/C12H11NO2/c14-12(15)10-4-6-11(7-5-10)13-8-2-1-3-9-13/h1-8H,9H2,(H,14,15)/p-1. The lowest BCUT2D eigenvalue weighted by molar-refractivity contribution is -0.255. The summed E-state index contributed by atoms with van der Waals surface area (Å²) in [5, 5.41) is 10.5. The summed E-state index contributed by atoms with van der Waals surface area (Å²) in [5.41, 5.74) is 1.18. The van der Waals surface area contributed by atoms with Crippen LogP contribution >= 0.6 is 0 Å². The van der Waals surface area contributed by atoms with E-state index in [4.69, 9.17) is 0 Å². The van der Waals surface area contributed by atoms with Crippen LogP contribution in [0.5, 0.6) is 0 Å². The van der Waals surface area contributed by atoms with E-state index in [1.807, 2.05) is 29.3 Å². The molecule has 0 saturated heterocycles. The van der Waals surface area contributed by atoms with Crippen molar-refractivity contribution in [3.05, 3.63) is 54.3 Å². The van der Waals surface area contributed by atoms with Crippen LogP contribution in [-0.4, -0.2) is 12.5 Å². The molecule has 1 aromatic rings. The molecule has 0 unspecified atom stereocenters. The summed E-state index contributed by atoms with van der Waals surface area (Å²) >= 11 is 0. The molecule has 15 heavy (non-hydrogen) atoms. The molecule has 1 aromatic carbocycles. The Bertz CT molecular complexity index is 418. The fraction of sp³-hybridized carbons (Fsp3) is 0.0833. The van der Waals surface area contributed by atoms with E-state index in [2.05, 4.69) is 0 Å². The minimum atomic E-state index is -1.14. The molecule has 0 aliphatic carbocycles. The van der Waals surface area contributed by atoms with Crippen molar-refractivity contribution < 1.29 is 9.90 Å². The third-order valence-electron chi connectivity index (χ3n) is 2.25. The van der Waals surface area contributed by atoms with Gasteiger partial charge < -0.3 is 14.8 Å². The van der Waals surface area contributed by atoms with Crippen molar-refractivity contribution in [2.24, 2.45) is 0 Å². The van der Waals surface area contributed by atoms with Crippen molar-refractivity contribution >= 4 is 11.7 Å². The molecule has 0 amide bonds. The predicted octanol–water partition coefficient (Wildman–Crippen LogP) is 0.940. The first-order valence-electron chi connectivity index (χ1n) is 4.69. The molecule has 0 spiro atoms. The topological polar surface area (TPSA) is 43.4 Å². The van der Waals surface area contributed by atoms with Gasteiger partial charge in [0.1, 0.15) is 0 Å². The van der Waals surface area contributed by atoms with Crippen LogP contribution in [0.3, 0.4) is 0 Å². The molecule has 0 aromatic heterocycles. The van der Waals surface area contributed by atoms with Gasteiger partial charge in [-0.25, -0.2) is 0 Å². The van der Waals surface area contributed by atoms with Crippen LogP contribution in [0, 0.1) is 0 Å². The van der Waals surface area contributed by atoms with Crippen LogP contribution in [0.2, 0.25) is 0 Å². The first kappa shape index (κ1) is 9.52. The van der Waals surface area contributed by atoms with Gasteiger partial charge in [0.25, 0.3) is 0 Å². The van der Waals surface area contributed by atoms with Crippen molar-refractivity contribution in [1.82, 2.24) is 0 Å². The third kappa shape index (κ3) is 2.07. The number of allylic oxidation sites excluding steroid dienone is 2. The molecule has 0 bridgehead atoms. The average molecular weight is 200 g/mol. The number of aromatic carboxylic acids is 1. The number of anilines is 1. The fourth-order valence-corrected chi connectivity index (χ4v) is 1.45. The Kier molecular flexibility index (Phi) is 2.54. The van der Waals surface area contributed by atoms with E-state index in [-0.39, 0.29) is 5.56 Å². The number of hydrogen-bond acceptors (Lipinski definition) is 3. The van der Waals surface area contributed by atoms with E-state index < -0.39 is 5.97 Å². The van der Waals surface area contributed by atoms with E-state index in [0.717, 1.165) is 12.2 Å². The quantitative estimate of drug-likeness (QED) is 0.713. The van der Waals surface area contributed by atoms with Gasteiger partial charge in [0.05, 0.1) is 5.97 Å². The monoisotopic (exact) mass is 200 g/mol. The minimum Gasteiger partial charge on any atom is -0.545 e. The molecule has 0 atom stereocenters. The maximum atomic E-state index is 10.5. The Hall–Kier alpha value is -2.03. The summed E-state index contributed by atoms with van der Waals surface area (Å²) in [6.45, 7) is 0.807. The zero-order valence-corrected chi connectivity index (χ0v) is 8.09. The maximum Gasteiger partial charge on any atom is 0.0715 e. The first-order chi connectivity index (χ1) is 7.27. The number of benzene rings is 1. The van der Waals surface area contributed by atoms with Crippen molar-refractivity contribution in [1.29, 1.82) is 0 Å². The van der Waals surface area contributed by atoms with Gasteiger partial charge in [0, 0.05) is 18.4 Å². The summed E-state index contributed by atoms with van der Waals surface area (Å²) in [5.74, 6) is -1.14.